The molecule has 1 amide bonds. The van der Waals surface area contributed by atoms with E-state index in [0.29, 0.717) is 17.9 Å². The molecule has 5 nitrogen and oxygen atoms in total. The smallest absolute Gasteiger partial charge is 0.265 e. The predicted molar refractivity (Wildman–Crippen MR) is 115 cm³/mol. The number of fused-ring (bicyclic) bond motifs is 1. The number of carbonyl (C=O) groups is 1. The number of aryl methyl sites for hydroxylation is 2. The van der Waals surface area contributed by atoms with Crippen LogP contribution >= 0.6 is 0 Å². The summed E-state index contributed by atoms with van der Waals surface area (Å²) in [6.07, 6.45) is 1.65. The molecule has 5 heteroatoms. The van der Waals surface area contributed by atoms with Crippen LogP contribution in [0.15, 0.2) is 77.7 Å². The van der Waals surface area contributed by atoms with Gasteiger partial charge >= 0.3 is 0 Å². The first-order valence-corrected chi connectivity index (χ1v) is 9.44. The number of nitrogens with one attached hydrogen (secondary N) is 1. The molecule has 0 radical (unpaired) electrons. The molecule has 0 aliphatic heterocycles. The number of nitrogens with zero attached hydrogens (tertiary/aromatic N) is 2. The lowest BCUT2D eigenvalue weighted by Gasteiger charge is -2.13. The zero-order chi connectivity index (χ0) is 20.4. The number of anilines is 1. The molecular formula is C24H21N3O2. The number of benzene rings is 2. The van der Waals surface area contributed by atoms with Gasteiger partial charge in [-0.15, -0.1) is 0 Å². The average Bonchev–Trinajstić information content (AvgIpc) is 2.73. The van der Waals surface area contributed by atoms with E-state index < -0.39 is 5.91 Å². The highest BCUT2D eigenvalue weighted by molar-refractivity contribution is 6.05. The van der Waals surface area contributed by atoms with Crippen LogP contribution in [-0.4, -0.2) is 15.5 Å². The fraction of sp³-hybridized carbons (Fsp3) is 0.125. The van der Waals surface area contributed by atoms with Gasteiger partial charge in [-0.1, -0.05) is 48.0 Å². The van der Waals surface area contributed by atoms with Crippen LogP contribution in [0.3, 0.4) is 0 Å². The van der Waals surface area contributed by atoms with Crippen molar-refractivity contribution in [3.8, 4) is 0 Å². The summed E-state index contributed by atoms with van der Waals surface area (Å²) < 4.78 is 1.56. The molecule has 2 aromatic heterocycles. The SMILES string of the molecule is Cc1ccc(Cn2c(=O)c(C(=O)Nc3ccccc3C)cc3cccnc32)cc1. The van der Waals surface area contributed by atoms with Gasteiger partial charge in [0.05, 0.1) is 6.54 Å². The van der Waals surface area contributed by atoms with E-state index in [9.17, 15) is 9.59 Å². The van der Waals surface area contributed by atoms with Crippen molar-refractivity contribution in [2.75, 3.05) is 5.32 Å². The molecule has 0 fully saturated rings. The minimum Gasteiger partial charge on any atom is -0.322 e. The fourth-order valence-corrected chi connectivity index (χ4v) is 3.29. The van der Waals surface area contributed by atoms with Gasteiger partial charge in [-0.3, -0.25) is 14.2 Å². The first kappa shape index (κ1) is 18.6. The Hall–Kier alpha value is -3.73. The highest BCUT2D eigenvalue weighted by Gasteiger charge is 2.17. The normalized spacial score (nSPS) is 10.8. The second kappa shape index (κ2) is 7.72. The summed E-state index contributed by atoms with van der Waals surface area (Å²) in [5.74, 6) is -0.423. The van der Waals surface area contributed by atoms with Crippen molar-refractivity contribution < 1.29 is 4.79 Å². The molecule has 0 bridgehead atoms. The Morgan fingerprint density at radius 1 is 1.00 bits per heavy atom. The Labute approximate surface area is 168 Å². The minimum atomic E-state index is -0.423. The predicted octanol–water partition coefficient (Wildman–Crippen LogP) is 4.31. The number of carbonyl (C=O) groups excluding carboxylic acids is 1. The van der Waals surface area contributed by atoms with Crippen LogP contribution in [0, 0.1) is 13.8 Å². The Morgan fingerprint density at radius 2 is 1.76 bits per heavy atom. The summed E-state index contributed by atoms with van der Waals surface area (Å²) in [4.78, 5) is 30.6. The van der Waals surface area contributed by atoms with Crippen LogP contribution in [0.1, 0.15) is 27.0 Å². The third-order valence-electron chi connectivity index (χ3n) is 4.95. The second-order valence-electron chi connectivity index (χ2n) is 7.12. The van der Waals surface area contributed by atoms with Gasteiger partial charge < -0.3 is 5.32 Å². The monoisotopic (exact) mass is 383 g/mol. The summed E-state index contributed by atoms with van der Waals surface area (Å²) >= 11 is 0. The van der Waals surface area contributed by atoms with E-state index in [1.807, 2.05) is 68.4 Å². The number of rotatable bonds is 4. The van der Waals surface area contributed by atoms with Crippen molar-refractivity contribution in [1.82, 2.24) is 9.55 Å². The topological polar surface area (TPSA) is 64.0 Å². The number of hydrogen-bond donors (Lipinski definition) is 1. The maximum Gasteiger partial charge on any atom is 0.265 e. The molecule has 29 heavy (non-hydrogen) atoms. The molecule has 0 saturated heterocycles. The molecule has 4 aromatic rings. The number of amides is 1. The standard InChI is InChI=1S/C24H21N3O2/c1-16-9-11-18(12-10-16)15-27-22-19(7-5-13-25-22)14-20(24(27)29)23(28)26-21-8-4-3-6-17(21)2/h3-14H,15H2,1-2H3,(H,26,28). The molecule has 4 rings (SSSR count). The first-order chi connectivity index (χ1) is 14.0. The molecule has 0 atom stereocenters. The first-order valence-electron chi connectivity index (χ1n) is 9.44. The van der Waals surface area contributed by atoms with Crippen molar-refractivity contribution in [2.45, 2.75) is 20.4 Å². The van der Waals surface area contributed by atoms with Crippen molar-refractivity contribution in [2.24, 2.45) is 0 Å². The average molecular weight is 383 g/mol. The number of hydrogen-bond acceptors (Lipinski definition) is 3. The van der Waals surface area contributed by atoms with Crippen LogP contribution in [-0.2, 0) is 6.54 Å². The van der Waals surface area contributed by atoms with Crippen molar-refractivity contribution >= 4 is 22.6 Å². The van der Waals surface area contributed by atoms with Gasteiger partial charge in [0.15, 0.2) is 0 Å². The summed E-state index contributed by atoms with van der Waals surface area (Å²) in [6, 6.07) is 20.7. The van der Waals surface area contributed by atoms with Crippen LogP contribution in [0.2, 0.25) is 0 Å². The van der Waals surface area contributed by atoms with E-state index >= 15 is 0 Å². The van der Waals surface area contributed by atoms with Gasteiger partial charge in [-0.2, -0.15) is 0 Å². The number of pyridine rings is 2. The third kappa shape index (κ3) is 3.80. The number of para-hydroxylation sites is 1. The van der Waals surface area contributed by atoms with Gasteiger partial charge in [-0.25, -0.2) is 4.98 Å². The summed E-state index contributed by atoms with van der Waals surface area (Å²) in [5, 5.41) is 3.60. The Kier molecular flexibility index (Phi) is 4.96. The summed E-state index contributed by atoms with van der Waals surface area (Å²) in [7, 11) is 0. The lowest BCUT2D eigenvalue weighted by molar-refractivity contribution is 0.102. The molecule has 0 spiro atoms. The van der Waals surface area contributed by atoms with E-state index in [2.05, 4.69) is 10.3 Å². The van der Waals surface area contributed by atoms with Crippen LogP contribution < -0.4 is 10.9 Å². The van der Waals surface area contributed by atoms with Gasteiger partial charge in [0.1, 0.15) is 11.2 Å². The van der Waals surface area contributed by atoms with Crippen molar-refractivity contribution in [3.63, 3.8) is 0 Å². The third-order valence-corrected chi connectivity index (χ3v) is 4.95. The van der Waals surface area contributed by atoms with Gasteiger partial charge in [-0.05, 0) is 49.2 Å². The summed E-state index contributed by atoms with van der Waals surface area (Å²) in [6.45, 7) is 4.27. The second-order valence-corrected chi connectivity index (χ2v) is 7.12. The van der Waals surface area contributed by atoms with Crippen molar-refractivity contribution in [1.29, 1.82) is 0 Å². The maximum atomic E-state index is 13.2. The van der Waals surface area contributed by atoms with Gasteiger partial charge in [0.2, 0.25) is 0 Å². The summed E-state index contributed by atoms with van der Waals surface area (Å²) in [5.41, 5.74) is 4.04. The van der Waals surface area contributed by atoms with E-state index in [1.54, 1.807) is 22.9 Å². The van der Waals surface area contributed by atoms with Crippen LogP contribution in [0.4, 0.5) is 5.69 Å². The minimum absolute atomic E-state index is 0.0980. The van der Waals surface area contributed by atoms with E-state index in [4.69, 9.17) is 0 Å². The fourth-order valence-electron chi connectivity index (χ4n) is 3.29. The molecule has 144 valence electrons. The van der Waals surface area contributed by atoms with Gasteiger partial charge in [0, 0.05) is 17.3 Å². The largest absolute Gasteiger partial charge is 0.322 e. The molecular weight excluding hydrogens is 362 g/mol. The molecule has 0 aliphatic rings. The zero-order valence-corrected chi connectivity index (χ0v) is 16.3. The molecule has 0 unspecified atom stereocenters. The van der Waals surface area contributed by atoms with E-state index in [1.165, 1.54) is 0 Å². The number of aromatic nitrogens is 2. The zero-order valence-electron chi connectivity index (χ0n) is 16.3. The van der Waals surface area contributed by atoms with Crippen LogP contribution in [0.25, 0.3) is 11.0 Å². The molecule has 2 heterocycles. The van der Waals surface area contributed by atoms with Crippen LogP contribution in [0.5, 0.6) is 0 Å². The Morgan fingerprint density at radius 3 is 2.52 bits per heavy atom. The maximum absolute atomic E-state index is 13.2. The highest BCUT2D eigenvalue weighted by Crippen LogP contribution is 2.17. The van der Waals surface area contributed by atoms with Crippen molar-refractivity contribution in [3.05, 3.63) is 106 Å². The molecule has 0 aliphatic carbocycles. The lowest BCUT2D eigenvalue weighted by atomic mass is 10.1. The lowest BCUT2D eigenvalue weighted by Crippen LogP contribution is -2.30. The molecule has 1 N–H and O–H groups in total. The van der Waals surface area contributed by atoms with E-state index in [0.717, 1.165) is 22.1 Å². The highest BCUT2D eigenvalue weighted by atomic mass is 16.2. The van der Waals surface area contributed by atoms with Gasteiger partial charge in [0.25, 0.3) is 11.5 Å². The Bertz CT molecular complexity index is 1260. The molecule has 0 saturated carbocycles. The quantitative estimate of drug-likeness (QED) is 0.571. The van der Waals surface area contributed by atoms with E-state index in [-0.39, 0.29) is 11.1 Å². The Balaban J connectivity index is 1.80. The molecule has 2 aromatic carbocycles.